The molecule has 0 bridgehead atoms. The van der Waals surface area contributed by atoms with Crippen LogP contribution in [0.2, 0.25) is 0 Å². The van der Waals surface area contributed by atoms with Crippen LogP contribution in [0.1, 0.15) is 26.2 Å². The summed E-state index contributed by atoms with van der Waals surface area (Å²) in [5.41, 5.74) is 0. The van der Waals surface area contributed by atoms with Gasteiger partial charge < -0.3 is 5.11 Å². The summed E-state index contributed by atoms with van der Waals surface area (Å²) in [4.78, 5) is 9.79. The summed E-state index contributed by atoms with van der Waals surface area (Å²) in [7, 11) is -2.57. The zero-order valence-electron chi connectivity index (χ0n) is 6.20. The molecule has 0 rings (SSSR count). The van der Waals surface area contributed by atoms with Crippen LogP contribution in [-0.4, -0.2) is 24.4 Å². The molecule has 1 N–H and O–H groups in total. The van der Waals surface area contributed by atoms with Gasteiger partial charge >= 0.3 is 5.97 Å². The second-order valence-corrected chi connectivity index (χ2v) is 3.03. The predicted molar refractivity (Wildman–Crippen MR) is 41.1 cm³/mol. The van der Waals surface area contributed by atoms with Crippen molar-refractivity contribution >= 4 is 21.1 Å². The second-order valence-electron chi connectivity index (χ2n) is 2.07. The van der Waals surface area contributed by atoms with Crippen molar-refractivity contribution in [2.75, 3.05) is 0 Å². The minimum absolute atomic E-state index is 0.127. The first-order chi connectivity index (χ1) is 5.09. The maximum absolute atomic E-state index is 10.2. The topological polar surface area (TPSA) is 71.4 Å². The lowest BCUT2D eigenvalue weighted by Crippen LogP contribution is -2.13. The van der Waals surface area contributed by atoms with Gasteiger partial charge in [0.2, 0.25) is 10.3 Å². The van der Waals surface area contributed by atoms with Crippen LogP contribution in [-0.2, 0) is 15.1 Å². The Morgan fingerprint density at radius 2 is 2.00 bits per heavy atom. The van der Waals surface area contributed by atoms with E-state index >= 15 is 0 Å². The largest absolute Gasteiger partial charge is 0.477 e. The van der Waals surface area contributed by atoms with Crippen LogP contribution in [0.15, 0.2) is 0 Å². The van der Waals surface area contributed by atoms with Gasteiger partial charge in [-0.2, -0.15) is 8.42 Å². The Labute approximate surface area is 66.4 Å². The second kappa shape index (κ2) is 4.90. The van der Waals surface area contributed by atoms with Crippen molar-refractivity contribution in [3.63, 3.8) is 0 Å². The molecule has 0 aromatic carbocycles. The Balaban J connectivity index is 4.41. The highest BCUT2D eigenvalue weighted by Crippen LogP contribution is 1.95. The maximum atomic E-state index is 10.2. The summed E-state index contributed by atoms with van der Waals surface area (Å²) >= 11 is 0. The highest BCUT2D eigenvalue weighted by Gasteiger charge is 2.09. The van der Waals surface area contributed by atoms with Crippen LogP contribution in [0.5, 0.6) is 0 Å². The Kier molecular flexibility index (Phi) is 4.52. The lowest BCUT2D eigenvalue weighted by atomic mass is 10.2. The van der Waals surface area contributed by atoms with Crippen molar-refractivity contribution in [2.24, 2.45) is 0 Å². The number of carbonyl (C=O) groups is 1. The summed E-state index contributed by atoms with van der Waals surface area (Å²) in [5, 5.41) is 8.34. The van der Waals surface area contributed by atoms with E-state index in [2.05, 4.69) is 0 Å². The normalized spacial score (nSPS) is 9.18. The minimum atomic E-state index is -2.57. The van der Waals surface area contributed by atoms with Gasteiger partial charge in [0.1, 0.15) is 0 Å². The molecule has 5 heteroatoms. The molecule has 0 radical (unpaired) electrons. The van der Waals surface area contributed by atoms with E-state index in [-0.39, 0.29) is 6.42 Å². The van der Waals surface area contributed by atoms with E-state index in [1.54, 1.807) is 0 Å². The first kappa shape index (κ1) is 10.2. The Morgan fingerprint density at radius 1 is 1.45 bits per heavy atom. The summed E-state index contributed by atoms with van der Waals surface area (Å²) in [5.74, 6) is -1.34. The molecule has 0 unspecified atom stereocenters. The smallest absolute Gasteiger partial charge is 0.347 e. The van der Waals surface area contributed by atoms with Gasteiger partial charge in [0.15, 0.2) is 4.86 Å². The SMILES string of the molecule is CCCCC(C(=O)O)=S(=O)=O. The van der Waals surface area contributed by atoms with E-state index in [9.17, 15) is 13.2 Å². The predicted octanol–water partition coefficient (Wildman–Crippen LogP) is 0.313. The maximum Gasteiger partial charge on any atom is 0.347 e. The van der Waals surface area contributed by atoms with E-state index < -0.39 is 21.1 Å². The molecule has 0 aliphatic carbocycles. The number of carboxylic acid groups (broad SMARTS) is 1. The van der Waals surface area contributed by atoms with E-state index in [0.29, 0.717) is 6.42 Å². The number of unbranched alkanes of at least 4 members (excludes halogenated alkanes) is 1. The highest BCUT2D eigenvalue weighted by molar-refractivity contribution is 7.74. The molecule has 0 spiro atoms. The molecule has 0 aromatic heterocycles. The Bertz CT molecular complexity index is 254. The van der Waals surface area contributed by atoms with Crippen molar-refractivity contribution in [2.45, 2.75) is 26.2 Å². The lowest BCUT2D eigenvalue weighted by Gasteiger charge is -1.92. The fourth-order valence-electron chi connectivity index (χ4n) is 0.599. The zero-order chi connectivity index (χ0) is 8.85. The standard InChI is InChI=1S/C6H10O4S/c1-2-3-4-5(6(7)8)11(9)10/h2-4H2,1H3,(H,7,8). The molecule has 64 valence electrons. The van der Waals surface area contributed by atoms with E-state index in [4.69, 9.17) is 5.11 Å². The van der Waals surface area contributed by atoms with Gasteiger partial charge in [0, 0.05) is 0 Å². The number of hydrogen-bond acceptors (Lipinski definition) is 3. The van der Waals surface area contributed by atoms with E-state index in [0.717, 1.165) is 6.42 Å². The molecule has 0 aliphatic rings. The molecule has 0 fully saturated rings. The number of carboxylic acids is 1. The zero-order valence-corrected chi connectivity index (χ0v) is 7.02. The first-order valence-electron chi connectivity index (χ1n) is 3.28. The Morgan fingerprint density at radius 3 is 2.27 bits per heavy atom. The van der Waals surface area contributed by atoms with Crippen molar-refractivity contribution in [1.82, 2.24) is 0 Å². The van der Waals surface area contributed by atoms with Gasteiger partial charge in [0.25, 0.3) is 0 Å². The number of rotatable bonds is 4. The van der Waals surface area contributed by atoms with E-state index in [1.165, 1.54) is 0 Å². The average Bonchev–Trinajstić information content (AvgIpc) is 1.87. The molecule has 0 amide bonds. The van der Waals surface area contributed by atoms with Gasteiger partial charge in [-0.05, 0) is 12.8 Å². The Hall–Kier alpha value is -0.840. The van der Waals surface area contributed by atoms with Gasteiger partial charge in [-0.15, -0.1) is 0 Å². The van der Waals surface area contributed by atoms with Crippen molar-refractivity contribution < 1.29 is 18.3 Å². The summed E-state index contributed by atoms with van der Waals surface area (Å²) in [6, 6.07) is 0. The van der Waals surface area contributed by atoms with Gasteiger partial charge in [-0.25, -0.2) is 4.79 Å². The lowest BCUT2D eigenvalue weighted by molar-refractivity contribution is -0.129. The summed E-state index contributed by atoms with van der Waals surface area (Å²) in [6.07, 6.45) is 1.51. The van der Waals surface area contributed by atoms with Crippen molar-refractivity contribution in [1.29, 1.82) is 0 Å². The van der Waals surface area contributed by atoms with Gasteiger partial charge in [-0.3, -0.25) is 0 Å². The first-order valence-corrected chi connectivity index (χ1v) is 4.35. The molecule has 0 saturated heterocycles. The molecule has 0 aromatic rings. The molecule has 11 heavy (non-hydrogen) atoms. The highest BCUT2D eigenvalue weighted by atomic mass is 32.2. The van der Waals surface area contributed by atoms with Crippen molar-refractivity contribution in [3.8, 4) is 0 Å². The van der Waals surface area contributed by atoms with E-state index in [1.807, 2.05) is 6.92 Å². The van der Waals surface area contributed by atoms with Crippen LogP contribution in [0.25, 0.3) is 0 Å². The minimum Gasteiger partial charge on any atom is -0.477 e. The number of hydrogen-bond donors (Lipinski definition) is 1. The summed E-state index contributed by atoms with van der Waals surface area (Å²) < 4.78 is 20.5. The molecule has 4 nitrogen and oxygen atoms in total. The molecule has 0 saturated carbocycles. The fraction of sp³-hybridized carbons (Fsp3) is 0.667. The van der Waals surface area contributed by atoms with Gasteiger partial charge in [-0.1, -0.05) is 13.3 Å². The molecule has 0 atom stereocenters. The fourth-order valence-corrected chi connectivity index (χ4v) is 1.05. The third-order valence-corrected chi connectivity index (χ3v) is 1.98. The molecule has 0 heterocycles. The van der Waals surface area contributed by atoms with Gasteiger partial charge in [0.05, 0.1) is 0 Å². The third-order valence-electron chi connectivity index (χ3n) is 1.20. The number of aliphatic carboxylic acids is 1. The van der Waals surface area contributed by atoms with Crippen LogP contribution >= 0.6 is 0 Å². The van der Waals surface area contributed by atoms with Crippen LogP contribution in [0, 0.1) is 0 Å². The molecule has 0 aliphatic heterocycles. The monoisotopic (exact) mass is 178 g/mol. The van der Waals surface area contributed by atoms with Crippen LogP contribution in [0.4, 0.5) is 0 Å². The molecular weight excluding hydrogens is 168 g/mol. The van der Waals surface area contributed by atoms with Crippen molar-refractivity contribution in [3.05, 3.63) is 0 Å². The van der Waals surface area contributed by atoms with Crippen LogP contribution < -0.4 is 0 Å². The quantitative estimate of drug-likeness (QED) is 0.629. The summed E-state index contributed by atoms with van der Waals surface area (Å²) in [6.45, 7) is 1.87. The third kappa shape index (κ3) is 3.77. The average molecular weight is 178 g/mol. The van der Waals surface area contributed by atoms with Crippen LogP contribution in [0.3, 0.4) is 0 Å². The molecular formula is C6H10O4S.